The van der Waals surface area contributed by atoms with Crippen molar-refractivity contribution in [3.63, 3.8) is 0 Å². The van der Waals surface area contributed by atoms with Crippen molar-refractivity contribution < 1.29 is 22.7 Å². The Labute approximate surface area is 146 Å². The van der Waals surface area contributed by atoms with Crippen LogP contribution in [0, 0.1) is 5.82 Å². The average Bonchev–Trinajstić information content (AvgIpc) is 3.04. The summed E-state index contributed by atoms with van der Waals surface area (Å²) in [6.45, 7) is 0. The standard InChI is InChI=1S/C12H9F3N8O2S/c1-25-7-4(13)2-17-11(21-7)23-9(24)12(14,15)26-8-5-6(19-3-18-5)20-10(16)22-8/h2-3H,1H3,(H,17,21,23,24)(H3,16,18,19,20,22). The number of anilines is 2. The maximum Gasteiger partial charge on any atom is 0.376 e. The molecule has 3 aromatic heterocycles. The first-order chi connectivity index (χ1) is 12.3. The van der Waals surface area contributed by atoms with Crippen molar-refractivity contribution in [1.29, 1.82) is 0 Å². The Kier molecular flexibility index (Phi) is 4.50. The number of alkyl halides is 2. The minimum atomic E-state index is -3.98. The van der Waals surface area contributed by atoms with Crippen LogP contribution in [0.2, 0.25) is 0 Å². The van der Waals surface area contributed by atoms with E-state index < -0.39 is 28.8 Å². The first-order valence-electron chi connectivity index (χ1n) is 6.71. The number of amides is 1. The molecular formula is C12H9F3N8O2S. The van der Waals surface area contributed by atoms with Crippen molar-refractivity contribution >= 4 is 40.7 Å². The smallest absolute Gasteiger partial charge is 0.376 e. The third kappa shape index (κ3) is 3.44. The van der Waals surface area contributed by atoms with E-state index in [1.165, 1.54) is 6.33 Å². The SMILES string of the molecule is COc1nc(NC(=O)C(F)(F)Sc2nc(N)nc3nc[nH]c23)ncc1F. The number of H-pyrrole nitrogens is 1. The number of imidazole rings is 1. The first kappa shape index (κ1) is 17.7. The Morgan fingerprint density at radius 2 is 2.12 bits per heavy atom. The minimum absolute atomic E-state index is 0.0720. The van der Waals surface area contributed by atoms with E-state index in [9.17, 15) is 18.0 Å². The number of aromatic amines is 1. The summed E-state index contributed by atoms with van der Waals surface area (Å²) in [7, 11) is 1.12. The number of hydrogen-bond donors (Lipinski definition) is 3. The van der Waals surface area contributed by atoms with Gasteiger partial charge in [-0.05, 0) is 11.8 Å². The van der Waals surface area contributed by atoms with E-state index in [1.807, 2.05) is 0 Å². The Morgan fingerprint density at radius 3 is 2.85 bits per heavy atom. The molecular weight excluding hydrogens is 377 g/mol. The second-order valence-corrected chi connectivity index (χ2v) is 5.72. The van der Waals surface area contributed by atoms with Crippen LogP contribution in [-0.2, 0) is 4.79 Å². The van der Waals surface area contributed by atoms with Gasteiger partial charge in [0.2, 0.25) is 17.7 Å². The van der Waals surface area contributed by atoms with Gasteiger partial charge in [-0.2, -0.15) is 23.1 Å². The highest BCUT2D eigenvalue weighted by Crippen LogP contribution is 2.38. The lowest BCUT2D eigenvalue weighted by atomic mass is 10.5. The summed E-state index contributed by atoms with van der Waals surface area (Å²) < 4.78 is 46.4. The molecule has 1 amide bonds. The van der Waals surface area contributed by atoms with Gasteiger partial charge in [-0.15, -0.1) is 0 Å². The lowest BCUT2D eigenvalue weighted by molar-refractivity contribution is -0.129. The minimum Gasteiger partial charge on any atom is -0.479 e. The summed E-state index contributed by atoms with van der Waals surface area (Å²) in [5, 5.41) is -2.48. The van der Waals surface area contributed by atoms with Gasteiger partial charge in [0.05, 0.1) is 19.6 Å². The van der Waals surface area contributed by atoms with E-state index in [4.69, 9.17) is 5.73 Å². The summed E-state index contributed by atoms with van der Waals surface area (Å²) in [6.07, 6.45) is 1.89. The van der Waals surface area contributed by atoms with Crippen molar-refractivity contribution in [2.24, 2.45) is 0 Å². The number of halogens is 3. The van der Waals surface area contributed by atoms with E-state index in [0.29, 0.717) is 6.20 Å². The number of ether oxygens (including phenoxy) is 1. The van der Waals surface area contributed by atoms with Gasteiger partial charge in [0.25, 0.3) is 5.88 Å². The largest absolute Gasteiger partial charge is 0.479 e. The Morgan fingerprint density at radius 1 is 1.35 bits per heavy atom. The van der Waals surface area contributed by atoms with Crippen LogP contribution in [0.15, 0.2) is 17.6 Å². The van der Waals surface area contributed by atoms with Crippen LogP contribution in [-0.4, -0.2) is 48.2 Å². The fourth-order valence-electron chi connectivity index (χ4n) is 1.79. The lowest BCUT2D eigenvalue weighted by Gasteiger charge is -2.14. The molecule has 0 spiro atoms. The molecule has 0 aliphatic rings. The summed E-state index contributed by atoms with van der Waals surface area (Å²) >= 11 is -0.174. The number of hydrogen-bond acceptors (Lipinski definition) is 9. The molecule has 0 bridgehead atoms. The average molecular weight is 386 g/mol. The van der Waals surface area contributed by atoms with Gasteiger partial charge in [0.1, 0.15) is 10.5 Å². The number of carbonyl (C=O) groups is 1. The summed E-state index contributed by atoms with van der Waals surface area (Å²) in [5.74, 6) is -4.00. The zero-order valence-electron chi connectivity index (χ0n) is 12.8. The fourth-order valence-corrected chi connectivity index (χ4v) is 2.57. The summed E-state index contributed by atoms with van der Waals surface area (Å²) in [6, 6.07) is 0. The van der Waals surface area contributed by atoms with E-state index >= 15 is 0 Å². The number of rotatable bonds is 5. The van der Waals surface area contributed by atoms with Gasteiger partial charge in [0.15, 0.2) is 5.65 Å². The Hall–Kier alpha value is -3.16. The van der Waals surface area contributed by atoms with Crippen LogP contribution in [0.25, 0.3) is 11.2 Å². The number of carbonyl (C=O) groups excluding carboxylic acids is 1. The number of thioether (sulfide) groups is 1. The normalized spacial score (nSPS) is 11.5. The molecule has 14 heteroatoms. The Balaban J connectivity index is 1.83. The van der Waals surface area contributed by atoms with Gasteiger partial charge in [-0.25, -0.2) is 15.0 Å². The highest BCUT2D eigenvalue weighted by Gasteiger charge is 2.42. The molecule has 4 N–H and O–H groups in total. The zero-order valence-corrected chi connectivity index (χ0v) is 13.6. The highest BCUT2D eigenvalue weighted by molar-refractivity contribution is 8.01. The Bertz CT molecular complexity index is 982. The predicted octanol–water partition coefficient (Wildman–Crippen LogP) is 1.20. The number of nitrogen functional groups attached to an aromatic ring is 1. The quantitative estimate of drug-likeness (QED) is 0.435. The molecule has 10 nitrogen and oxygen atoms in total. The van der Waals surface area contributed by atoms with Crippen LogP contribution in [0.5, 0.6) is 5.88 Å². The van der Waals surface area contributed by atoms with Gasteiger partial charge < -0.3 is 15.5 Å². The molecule has 0 atom stereocenters. The van der Waals surface area contributed by atoms with Crippen LogP contribution < -0.4 is 15.8 Å². The number of nitrogens with one attached hydrogen (secondary N) is 2. The maximum absolute atomic E-state index is 14.3. The number of aromatic nitrogens is 6. The highest BCUT2D eigenvalue weighted by atomic mass is 32.2. The predicted molar refractivity (Wildman–Crippen MR) is 84.1 cm³/mol. The third-order valence-electron chi connectivity index (χ3n) is 2.89. The molecule has 0 saturated carbocycles. The molecule has 3 heterocycles. The second kappa shape index (κ2) is 6.62. The zero-order chi connectivity index (χ0) is 18.9. The van der Waals surface area contributed by atoms with Crippen molar-refractivity contribution in [2.45, 2.75) is 10.3 Å². The molecule has 26 heavy (non-hydrogen) atoms. The molecule has 0 aromatic carbocycles. The molecule has 0 unspecified atom stereocenters. The van der Waals surface area contributed by atoms with E-state index in [1.54, 1.807) is 5.32 Å². The van der Waals surface area contributed by atoms with Crippen molar-refractivity contribution in [3.8, 4) is 5.88 Å². The molecule has 3 aromatic rings. The molecule has 136 valence electrons. The topological polar surface area (TPSA) is 145 Å². The van der Waals surface area contributed by atoms with Crippen LogP contribution >= 0.6 is 11.8 Å². The molecule has 0 saturated heterocycles. The molecule has 0 aliphatic carbocycles. The summed E-state index contributed by atoms with van der Waals surface area (Å²) in [4.78, 5) is 32.6. The van der Waals surface area contributed by atoms with E-state index in [2.05, 4.69) is 34.6 Å². The summed E-state index contributed by atoms with van der Waals surface area (Å²) in [5.41, 5.74) is 5.61. The van der Waals surface area contributed by atoms with Gasteiger partial charge in [-0.3, -0.25) is 10.1 Å². The first-order valence-corrected chi connectivity index (χ1v) is 7.53. The van der Waals surface area contributed by atoms with Crippen molar-refractivity contribution in [2.75, 3.05) is 18.2 Å². The number of methoxy groups -OCH3 is 1. The van der Waals surface area contributed by atoms with Crippen LogP contribution in [0.4, 0.5) is 25.1 Å². The maximum atomic E-state index is 14.3. The number of nitrogens with two attached hydrogens (primary N) is 1. The van der Waals surface area contributed by atoms with Crippen molar-refractivity contribution in [3.05, 3.63) is 18.3 Å². The second-order valence-electron chi connectivity index (χ2n) is 4.61. The fraction of sp³-hybridized carbons (Fsp3) is 0.167. The van der Waals surface area contributed by atoms with E-state index in [0.717, 1.165) is 7.11 Å². The molecule has 0 radical (unpaired) electrons. The van der Waals surface area contributed by atoms with Crippen LogP contribution in [0.1, 0.15) is 0 Å². The van der Waals surface area contributed by atoms with Gasteiger partial charge >= 0.3 is 11.2 Å². The van der Waals surface area contributed by atoms with Gasteiger partial charge in [-0.1, -0.05) is 0 Å². The molecule has 3 rings (SSSR count). The number of fused-ring (bicyclic) bond motifs is 1. The van der Waals surface area contributed by atoms with Gasteiger partial charge in [0, 0.05) is 0 Å². The lowest BCUT2D eigenvalue weighted by Crippen LogP contribution is -2.32. The molecule has 0 aliphatic heterocycles. The van der Waals surface area contributed by atoms with Crippen molar-refractivity contribution in [1.82, 2.24) is 29.9 Å². The third-order valence-corrected chi connectivity index (χ3v) is 3.82. The van der Waals surface area contributed by atoms with E-state index in [-0.39, 0.29) is 33.9 Å². The monoisotopic (exact) mass is 386 g/mol. The molecule has 0 fully saturated rings. The van der Waals surface area contributed by atoms with Crippen LogP contribution in [0.3, 0.4) is 0 Å². The number of nitrogens with zero attached hydrogens (tertiary/aromatic N) is 5.